The van der Waals surface area contributed by atoms with Gasteiger partial charge in [0.1, 0.15) is 5.75 Å². The Bertz CT molecular complexity index is 1330. The summed E-state index contributed by atoms with van der Waals surface area (Å²) in [5, 5.41) is 4.30. The predicted molar refractivity (Wildman–Crippen MR) is 126 cm³/mol. The molecule has 1 N–H and O–H groups in total. The maximum Gasteiger partial charge on any atom is 0.262 e. The molecule has 2 heterocycles. The molecule has 2 aromatic heterocycles. The number of anilines is 1. The van der Waals surface area contributed by atoms with Crippen LogP contribution >= 0.6 is 23.2 Å². The summed E-state index contributed by atoms with van der Waals surface area (Å²) in [6.45, 7) is 1.82. The highest BCUT2D eigenvalue weighted by Crippen LogP contribution is 2.31. The second-order valence-electron chi connectivity index (χ2n) is 7.16. The summed E-state index contributed by atoms with van der Waals surface area (Å²) < 4.78 is 6.97. The van der Waals surface area contributed by atoms with E-state index in [0.717, 1.165) is 10.9 Å². The van der Waals surface area contributed by atoms with Gasteiger partial charge >= 0.3 is 0 Å². The van der Waals surface area contributed by atoms with E-state index in [1.807, 2.05) is 19.1 Å². The van der Waals surface area contributed by atoms with Crippen LogP contribution < -0.4 is 10.1 Å². The largest absolute Gasteiger partial charge is 0.497 e. The number of carbonyl (C=O) groups excluding carboxylic acids is 2. The van der Waals surface area contributed by atoms with Crippen LogP contribution in [0.3, 0.4) is 0 Å². The van der Waals surface area contributed by atoms with E-state index in [1.165, 1.54) is 0 Å². The van der Waals surface area contributed by atoms with Gasteiger partial charge in [-0.1, -0.05) is 23.2 Å². The van der Waals surface area contributed by atoms with Gasteiger partial charge in [-0.15, -0.1) is 0 Å². The molecule has 1 amide bonds. The molecule has 2 aromatic carbocycles. The third kappa shape index (κ3) is 4.20. The lowest BCUT2D eigenvalue weighted by Crippen LogP contribution is -2.17. The number of amides is 1. The van der Waals surface area contributed by atoms with Gasteiger partial charge in [0.2, 0.25) is 5.91 Å². The molecule has 0 bridgehead atoms. The molecule has 0 saturated carbocycles. The molecule has 0 aliphatic heterocycles. The van der Waals surface area contributed by atoms with E-state index in [2.05, 4.69) is 10.3 Å². The number of hydrogen-bond acceptors (Lipinski definition) is 4. The summed E-state index contributed by atoms with van der Waals surface area (Å²) >= 11 is 12.0. The number of carbonyl (C=O) groups is 2. The third-order valence-electron chi connectivity index (χ3n) is 5.21. The minimum Gasteiger partial charge on any atom is -0.497 e. The maximum atomic E-state index is 13.3. The van der Waals surface area contributed by atoms with Gasteiger partial charge < -0.3 is 10.1 Å². The topological polar surface area (TPSA) is 73.2 Å². The number of hydrogen-bond donors (Lipinski definition) is 1. The summed E-state index contributed by atoms with van der Waals surface area (Å²) in [6.07, 6.45) is 1.59. The van der Waals surface area contributed by atoms with Crippen LogP contribution in [0.1, 0.15) is 21.6 Å². The molecule has 0 atom stereocenters. The summed E-state index contributed by atoms with van der Waals surface area (Å²) in [6, 6.07) is 15.5. The first-order chi connectivity index (χ1) is 15.4. The maximum absolute atomic E-state index is 13.3. The first-order valence-electron chi connectivity index (χ1n) is 9.77. The third-order valence-corrected chi connectivity index (χ3v) is 5.76. The number of nitrogens with one attached hydrogen (secondary N) is 1. The van der Waals surface area contributed by atoms with E-state index in [4.69, 9.17) is 27.9 Å². The molecule has 0 aliphatic carbocycles. The number of ether oxygens (including phenoxy) is 1. The SMILES string of the molecule is COc1ccc2c(c1)c(CC(=O)Nc1cccnc1Cl)c(C)n2C(=O)c1ccc(Cl)cc1. The lowest BCUT2D eigenvalue weighted by Gasteiger charge is -2.09. The zero-order chi connectivity index (χ0) is 22.8. The fourth-order valence-corrected chi connectivity index (χ4v) is 3.92. The quantitative estimate of drug-likeness (QED) is 0.391. The first kappa shape index (κ1) is 21.9. The van der Waals surface area contributed by atoms with Gasteiger partial charge in [-0.25, -0.2) is 4.98 Å². The van der Waals surface area contributed by atoms with Crippen LogP contribution in [-0.4, -0.2) is 28.5 Å². The van der Waals surface area contributed by atoms with Gasteiger partial charge in [-0.2, -0.15) is 0 Å². The average Bonchev–Trinajstić information content (AvgIpc) is 3.06. The Labute approximate surface area is 194 Å². The zero-order valence-corrected chi connectivity index (χ0v) is 18.9. The second kappa shape index (κ2) is 9.02. The van der Waals surface area contributed by atoms with E-state index in [1.54, 1.807) is 60.3 Å². The van der Waals surface area contributed by atoms with Gasteiger partial charge in [0.25, 0.3) is 5.91 Å². The van der Waals surface area contributed by atoms with Crippen LogP contribution in [0, 0.1) is 6.92 Å². The monoisotopic (exact) mass is 467 g/mol. The Morgan fingerprint density at radius 2 is 1.84 bits per heavy atom. The molecule has 0 fully saturated rings. The van der Waals surface area contributed by atoms with Crippen LogP contribution in [0.15, 0.2) is 60.8 Å². The Hall–Kier alpha value is -3.35. The number of fused-ring (bicyclic) bond motifs is 1. The molecule has 0 saturated heterocycles. The Morgan fingerprint density at radius 3 is 2.53 bits per heavy atom. The van der Waals surface area contributed by atoms with Crippen molar-refractivity contribution in [2.45, 2.75) is 13.3 Å². The van der Waals surface area contributed by atoms with Crippen molar-refractivity contribution in [3.05, 3.63) is 87.8 Å². The summed E-state index contributed by atoms with van der Waals surface area (Å²) in [4.78, 5) is 30.1. The van der Waals surface area contributed by atoms with E-state index in [9.17, 15) is 9.59 Å². The Kier molecular flexibility index (Phi) is 6.17. The molecular formula is C24H19Cl2N3O3. The summed E-state index contributed by atoms with van der Waals surface area (Å²) in [7, 11) is 1.57. The lowest BCUT2D eigenvalue weighted by atomic mass is 10.1. The van der Waals surface area contributed by atoms with Crippen LogP contribution in [0.25, 0.3) is 10.9 Å². The van der Waals surface area contributed by atoms with Crippen molar-refractivity contribution in [1.82, 2.24) is 9.55 Å². The average molecular weight is 468 g/mol. The van der Waals surface area contributed by atoms with E-state index in [-0.39, 0.29) is 23.4 Å². The number of aromatic nitrogens is 2. The van der Waals surface area contributed by atoms with Gasteiger partial charge in [-0.05, 0) is 67.1 Å². The van der Waals surface area contributed by atoms with E-state index < -0.39 is 0 Å². The number of halogens is 2. The van der Waals surface area contributed by atoms with Crippen LogP contribution in [0.5, 0.6) is 5.75 Å². The highest BCUT2D eigenvalue weighted by atomic mass is 35.5. The van der Waals surface area contributed by atoms with Crippen LogP contribution in [0.4, 0.5) is 5.69 Å². The highest BCUT2D eigenvalue weighted by molar-refractivity contribution is 6.32. The first-order valence-corrected chi connectivity index (χ1v) is 10.5. The van der Waals surface area contributed by atoms with Crippen molar-refractivity contribution >= 4 is 51.6 Å². The number of nitrogens with zero attached hydrogens (tertiary/aromatic N) is 2. The van der Waals surface area contributed by atoms with Gasteiger partial charge in [-0.3, -0.25) is 14.2 Å². The van der Waals surface area contributed by atoms with Crippen molar-refractivity contribution in [1.29, 1.82) is 0 Å². The van der Waals surface area contributed by atoms with Crippen molar-refractivity contribution in [3.8, 4) is 5.75 Å². The summed E-state index contributed by atoms with van der Waals surface area (Å²) in [5.74, 6) is 0.144. The molecule has 4 rings (SSSR count). The number of methoxy groups -OCH3 is 1. The minimum absolute atomic E-state index is 0.0433. The fraction of sp³-hybridized carbons (Fsp3) is 0.125. The molecular weight excluding hydrogens is 449 g/mol. The van der Waals surface area contributed by atoms with E-state index in [0.29, 0.717) is 33.2 Å². The number of rotatable bonds is 5. The van der Waals surface area contributed by atoms with Gasteiger partial charge in [0, 0.05) is 27.9 Å². The second-order valence-corrected chi connectivity index (χ2v) is 7.96. The van der Waals surface area contributed by atoms with Crippen molar-refractivity contribution < 1.29 is 14.3 Å². The fourth-order valence-electron chi connectivity index (χ4n) is 3.63. The van der Waals surface area contributed by atoms with Crippen molar-refractivity contribution in [2.24, 2.45) is 0 Å². The smallest absolute Gasteiger partial charge is 0.262 e. The number of pyridine rings is 1. The molecule has 0 unspecified atom stereocenters. The molecule has 6 nitrogen and oxygen atoms in total. The van der Waals surface area contributed by atoms with Gasteiger partial charge in [0.15, 0.2) is 5.15 Å². The Balaban J connectivity index is 1.77. The molecule has 32 heavy (non-hydrogen) atoms. The predicted octanol–water partition coefficient (Wildman–Crippen LogP) is 5.53. The van der Waals surface area contributed by atoms with Crippen LogP contribution in [0.2, 0.25) is 10.2 Å². The lowest BCUT2D eigenvalue weighted by molar-refractivity contribution is -0.115. The molecule has 162 valence electrons. The van der Waals surface area contributed by atoms with Gasteiger partial charge in [0.05, 0.1) is 24.7 Å². The van der Waals surface area contributed by atoms with E-state index >= 15 is 0 Å². The highest BCUT2D eigenvalue weighted by Gasteiger charge is 2.22. The molecule has 0 spiro atoms. The van der Waals surface area contributed by atoms with Crippen LogP contribution in [-0.2, 0) is 11.2 Å². The molecule has 8 heteroatoms. The molecule has 0 radical (unpaired) electrons. The van der Waals surface area contributed by atoms with Crippen molar-refractivity contribution in [2.75, 3.05) is 12.4 Å². The zero-order valence-electron chi connectivity index (χ0n) is 17.4. The normalized spacial score (nSPS) is 10.9. The Morgan fingerprint density at radius 1 is 1.09 bits per heavy atom. The summed E-state index contributed by atoms with van der Waals surface area (Å²) in [5.41, 5.74) is 2.99. The minimum atomic E-state index is -0.274. The molecule has 4 aromatic rings. The molecule has 0 aliphatic rings. The van der Waals surface area contributed by atoms with Crippen molar-refractivity contribution in [3.63, 3.8) is 0 Å². The number of benzene rings is 2. The standard InChI is InChI=1S/C24H19Cl2N3O3/c1-14-18(13-22(30)28-20-4-3-11-27-23(20)26)19-12-17(32-2)9-10-21(19)29(14)24(31)15-5-7-16(25)8-6-15/h3-12H,13H2,1-2H3,(H,28,30).